The molecule has 0 bridgehead atoms. The number of nitrogens with zero attached hydrogens (tertiary/aromatic N) is 5. The zero-order valence-corrected chi connectivity index (χ0v) is 11.8. The molecule has 0 aliphatic heterocycles. The van der Waals surface area contributed by atoms with Gasteiger partial charge in [-0.3, -0.25) is 4.79 Å². The second kappa shape index (κ2) is 5.61. The van der Waals surface area contributed by atoms with Gasteiger partial charge in [0.2, 0.25) is 0 Å². The van der Waals surface area contributed by atoms with Crippen LogP contribution in [0.1, 0.15) is 23.2 Å². The van der Waals surface area contributed by atoms with Gasteiger partial charge in [0.05, 0.1) is 11.8 Å². The van der Waals surface area contributed by atoms with E-state index in [4.69, 9.17) is 0 Å². The van der Waals surface area contributed by atoms with E-state index in [1.54, 1.807) is 30.1 Å². The van der Waals surface area contributed by atoms with E-state index in [-0.39, 0.29) is 5.91 Å². The number of rotatable bonds is 5. The van der Waals surface area contributed by atoms with Gasteiger partial charge in [0.25, 0.3) is 5.91 Å². The van der Waals surface area contributed by atoms with Crippen LogP contribution >= 0.6 is 0 Å². The third-order valence-electron chi connectivity index (χ3n) is 3.68. The number of amides is 1. The van der Waals surface area contributed by atoms with Crippen LogP contribution in [0.5, 0.6) is 0 Å². The van der Waals surface area contributed by atoms with Crippen molar-refractivity contribution in [2.45, 2.75) is 18.9 Å². The van der Waals surface area contributed by atoms with E-state index in [9.17, 15) is 9.90 Å². The minimum Gasteiger partial charge on any atom is -0.391 e. The molecule has 0 saturated heterocycles. The van der Waals surface area contributed by atoms with Crippen molar-refractivity contribution in [2.24, 2.45) is 5.92 Å². The number of likely N-dealkylation sites (N-methyl/N-ethyl adjacent to an activating group) is 1. The van der Waals surface area contributed by atoms with E-state index < -0.39 is 6.10 Å². The maximum absolute atomic E-state index is 12.4. The molecule has 21 heavy (non-hydrogen) atoms. The molecule has 7 nitrogen and oxygen atoms in total. The Kier molecular flexibility index (Phi) is 3.66. The van der Waals surface area contributed by atoms with Gasteiger partial charge >= 0.3 is 0 Å². The SMILES string of the molecule is CN(CC(O)C1CC1)C(=O)c1cccc(-n2cnnn2)c1. The fourth-order valence-electron chi connectivity index (χ4n) is 2.27. The van der Waals surface area contributed by atoms with Crippen LogP contribution in [-0.2, 0) is 0 Å². The Morgan fingerprint density at radius 3 is 3.00 bits per heavy atom. The van der Waals surface area contributed by atoms with Gasteiger partial charge in [-0.25, -0.2) is 4.68 Å². The summed E-state index contributed by atoms with van der Waals surface area (Å²) in [6, 6.07) is 7.09. The smallest absolute Gasteiger partial charge is 0.253 e. The average Bonchev–Trinajstić information content (AvgIpc) is 3.21. The van der Waals surface area contributed by atoms with Crippen LogP contribution in [0.3, 0.4) is 0 Å². The van der Waals surface area contributed by atoms with Crippen molar-refractivity contribution in [2.75, 3.05) is 13.6 Å². The lowest BCUT2D eigenvalue weighted by Crippen LogP contribution is -2.35. The molecule has 0 radical (unpaired) electrons. The number of aliphatic hydroxyl groups excluding tert-OH is 1. The number of benzene rings is 1. The number of tetrazole rings is 1. The summed E-state index contributed by atoms with van der Waals surface area (Å²) in [5.74, 6) is 0.234. The van der Waals surface area contributed by atoms with Crippen molar-refractivity contribution in [3.05, 3.63) is 36.2 Å². The van der Waals surface area contributed by atoms with Gasteiger partial charge in [-0.2, -0.15) is 0 Å². The quantitative estimate of drug-likeness (QED) is 0.866. The minimum absolute atomic E-state index is 0.121. The number of aliphatic hydroxyl groups is 1. The zero-order valence-electron chi connectivity index (χ0n) is 11.8. The lowest BCUT2D eigenvalue weighted by molar-refractivity contribution is 0.0645. The summed E-state index contributed by atoms with van der Waals surface area (Å²) >= 11 is 0. The van der Waals surface area contributed by atoms with E-state index in [1.807, 2.05) is 6.07 Å². The van der Waals surface area contributed by atoms with Crippen LogP contribution in [0.25, 0.3) is 5.69 Å². The summed E-state index contributed by atoms with van der Waals surface area (Å²) in [6.07, 6.45) is 3.15. The molecule has 1 N–H and O–H groups in total. The molecular formula is C14H17N5O2. The largest absolute Gasteiger partial charge is 0.391 e. The highest BCUT2D eigenvalue weighted by Gasteiger charge is 2.31. The van der Waals surface area contributed by atoms with Gasteiger partial charge in [0.1, 0.15) is 6.33 Å². The van der Waals surface area contributed by atoms with Crippen LogP contribution in [0.4, 0.5) is 0 Å². The van der Waals surface area contributed by atoms with Gasteiger partial charge in [-0.05, 0) is 47.4 Å². The number of hydrogen-bond donors (Lipinski definition) is 1. The van der Waals surface area contributed by atoms with Crippen LogP contribution in [-0.4, -0.2) is 55.8 Å². The molecule has 1 saturated carbocycles. The molecule has 1 aliphatic carbocycles. The molecule has 1 amide bonds. The lowest BCUT2D eigenvalue weighted by atomic mass is 10.1. The number of hydrogen-bond acceptors (Lipinski definition) is 5. The monoisotopic (exact) mass is 287 g/mol. The van der Waals surface area contributed by atoms with Crippen LogP contribution in [0.15, 0.2) is 30.6 Å². The Balaban J connectivity index is 1.73. The molecule has 1 aromatic heterocycles. The van der Waals surface area contributed by atoms with Gasteiger partial charge in [0.15, 0.2) is 0 Å². The van der Waals surface area contributed by atoms with Crippen molar-refractivity contribution in [3.8, 4) is 5.69 Å². The second-order valence-corrected chi connectivity index (χ2v) is 5.40. The fourth-order valence-corrected chi connectivity index (χ4v) is 2.27. The summed E-state index contributed by atoms with van der Waals surface area (Å²) in [7, 11) is 1.71. The summed E-state index contributed by atoms with van der Waals surface area (Å²) in [4.78, 5) is 14.0. The first kappa shape index (κ1) is 13.7. The molecule has 1 aliphatic rings. The van der Waals surface area contributed by atoms with Gasteiger partial charge in [-0.1, -0.05) is 6.07 Å². The average molecular weight is 287 g/mol. The standard InChI is InChI=1S/C14H17N5O2/c1-18(8-13(20)10-5-6-10)14(21)11-3-2-4-12(7-11)19-9-15-16-17-19/h2-4,7,9-10,13,20H,5-6,8H2,1H3. The highest BCUT2D eigenvalue weighted by atomic mass is 16.3. The Morgan fingerprint density at radius 1 is 1.52 bits per heavy atom. The Morgan fingerprint density at radius 2 is 2.33 bits per heavy atom. The molecule has 1 heterocycles. The van der Waals surface area contributed by atoms with Crippen molar-refractivity contribution in [3.63, 3.8) is 0 Å². The molecule has 0 spiro atoms. The summed E-state index contributed by atoms with van der Waals surface area (Å²) in [6.45, 7) is 0.360. The first-order valence-electron chi connectivity index (χ1n) is 6.92. The van der Waals surface area contributed by atoms with Crippen LogP contribution in [0.2, 0.25) is 0 Å². The maximum atomic E-state index is 12.4. The predicted octanol–water partition coefficient (Wildman–Crippen LogP) is 0.505. The molecule has 1 fully saturated rings. The third kappa shape index (κ3) is 3.08. The summed E-state index contributed by atoms with van der Waals surface area (Å²) in [5.41, 5.74) is 1.27. The maximum Gasteiger partial charge on any atom is 0.253 e. The van der Waals surface area contributed by atoms with E-state index in [1.165, 1.54) is 11.0 Å². The number of aromatic nitrogens is 4. The first-order valence-corrected chi connectivity index (χ1v) is 6.92. The number of carbonyl (C=O) groups is 1. The molecule has 2 aromatic rings. The Hall–Kier alpha value is -2.28. The van der Waals surface area contributed by atoms with Crippen molar-refractivity contribution >= 4 is 5.91 Å². The summed E-state index contributed by atoms with van der Waals surface area (Å²) in [5, 5.41) is 20.9. The topological polar surface area (TPSA) is 84.1 Å². The molecule has 3 rings (SSSR count). The van der Waals surface area contributed by atoms with E-state index in [0.717, 1.165) is 18.5 Å². The molecule has 1 unspecified atom stereocenters. The Bertz CT molecular complexity index is 624. The molecular weight excluding hydrogens is 270 g/mol. The van der Waals surface area contributed by atoms with Gasteiger partial charge in [0, 0.05) is 19.2 Å². The van der Waals surface area contributed by atoms with E-state index in [2.05, 4.69) is 15.5 Å². The number of carbonyl (C=O) groups excluding carboxylic acids is 1. The van der Waals surface area contributed by atoms with Crippen LogP contribution < -0.4 is 0 Å². The highest BCUT2D eigenvalue weighted by molar-refractivity contribution is 5.94. The molecule has 1 atom stereocenters. The van der Waals surface area contributed by atoms with Gasteiger partial charge in [-0.15, -0.1) is 5.10 Å². The fraction of sp³-hybridized carbons (Fsp3) is 0.429. The van der Waals surface area contributed by atoms with E-state index >= 15 is 0 Å². The molecule has 110 valence electrons. The molecule has 1 aromatic carbocycles. The highest BCUT2D eigenvalue weighted by Crippen LogP contribution is 2.32. The first-order chi connectivity index (χ1) is 10.1. The second-order valence-electron chi connectivity index (χ2n) is 5.40. The van der Waals surface area contributed by atoms with Gasteiger partial charge < -0.3 is 10.0 Å². The third-order valence-corrected chi connectivity index (χ3v) is 3.68. The van der Waals surface area contributed by atoms with Crippen molar-refractivity contribution in [1.29, 1.82) is 0 Å². The van der Waals surface area contributed by atoms with Crippen molar-refractivity contribution < 1.29 is 9.90 Å². The zero-order chi connectivity index (χ0) is 14.8. The van der Waals surface area contributed by atoms with Crippen molar-refractivity contribution in [1.82, 2.24) is 25.1 Å². The van der Waals surface area contributed by atoms with E-state index in [0.29, 0.717) is 18.0 Å². The predicted molar refractivity (Wildman–Crippen MR) is 74.8 cm³/mol. The Labute approximate surface area is 122 Å². The normalized spacial score (nSPS) is 15.7. The van der Waals surface area contributed by atoms with Crippen LogP contribution in [0, 0.1) is 5.92 Å². The summed E-state index contributed by atoms with van der Waals surface area (Å²) < 4.78 is 1.50. The molecule has 7 heteroatoms. The minimum atomic E-state index is -0.429. The lowest BCUT2D eigenvalue weighted by Gasteiger charge is -2.21.